The summed E-state index contributed by atoms with van der Waals surface area (Å²) in [6.07, 6.45) is 6.69. The summed E-state index contributed by atoms with van der Waals surface area (Å²) in [6.45, 7) is 0.674. The number of anilines is 1. The lowest BCUT2D eigenvalue weighted by molar-refractivity contribution is 0.104. The molecule has 5 rings (SSSR count). The van der Waals surface area contributed by atoms with E-state index in [1.807, 2.05) is 47.8 Å². The number of ketones is 1. The highest BCUT2D eigenvalue weighted by molar-refractivity contribution is 7.12. The largest absolute Gasteiger partial charge is 0.472 e. The second-order valence-corrected chi connectivity index (χ2v) is 7.44. The zero-order chi connectivity index (χ0) is 19.6. The van der Waals surface area contributed by atoms with Crippen LogP contribution in [0.15, 0.2) is 83.2 Å². The van der Waals surface area contributed by atoms with Gasteiger partial charge in [-0.15, -0.1) is 11.3 Å². The Kier molecular flexibility index (Phi) is 4.42. The second-order valence-electron chi connectivity index (χ2n) is 6.50. The highest BCUT2D eigenvalue weighted by atomic mass is 32.1. The van der Waals surface area contributed by atoms with Crippen molar-refractivity contribution >= 4 is 28.5 Å². The number of thiophene rings is 1. The molecule has 0 aliphatic carbocycles. The molecule has 1 N–H and O–H groups in total. The summed E-state index contributed by atoms with van der Waals surface area (Å²) in [7, 11) is 0. The maximum Gasteiger partial charge on any atom is 0.208 e. The topological polar surface area (TPSA) is 72.4 Å². The van der Waals surface area contributed by atoms with Crippen LogP contribution in [0, 0.1) is 0 Å². The Morgan fingerprint density at radius 1 is 1.17 bits per heavy atom. The summed E-state index contributed by atoms with van der Waals surface area (Å²) >= 11 is 1.42. The fraction of sp³-hybridized carbons (Fsp3) is 0.0455. The number of carbonyl (C=O) groups is 1. The van der Waals surface area contributed by atoms with Crippen molar-refractivity contribution < 1.29 is 9.21 Å². The van der Waals surface area contributed by atoms with Crippen molar-refractivity contribution in [2.75, 3.05) is 5.32 Å². The monoisotopic (exact) mass is 400 g/mol. The van der Waals surface area contributed by atoms with Gasteiger partial charge in [-0.05, 0) is 35.7 Å². The molecule has 0 saturated carbocycles. The molecule has 6 nitrogen and oxygen atoms in total. The van der Waals surface area contributed by atoms with Crippen molar-refractivity contribution in [1.82, 2.24) is 14.6 Å². The third kappa shape index (κ3) is 3.32. The van der Waals surface area contributed by atoms with Crippen molar-refractivity contribution in [2.45, 2.75) is 6.54 Å². The Balaban J connectivity index is 1.49. The van der Waals surface area contributed by atoms with E-state index in [4.69, 9.17) is 4.42 Å². The minimum atomic E-state index is -0.0600. The Labute approximate surface area is 170 Å². The van der Waals surface area contributed by atoms with Crippen LogP contribution in [0.3, 0.4) is 0 Å². The van der Waals surface area contributed by atoms with Crippen molar-refractivity contribution in [3.8, 4) is 11.3 Å². The fourth-order valence-corrected chi connectivity index (χ4v) is 3.87. The molecular formula is C22H16N4O2S. The van der Waals surface area contributed by atoms with Crippen molar-refractivity contribution in [2.24, 2.45) is 0 Å². The number of benzene rings is 1. The van der Waals surface area contributed by atoms with Crippen molar-refractivity contribution in [3.63, 3.8) is 0 Å². The van der Waals surface area contributed by atoms with Crippen LogP contribution < -0.4 is 5.32 Å². The van der Waals surface area contributed by atoms with Gasteiger partial charge in [0.05, 0.1) is 34.9 Å². The lowest BCUT2D eigenvalue weighted by atomic mass is 10.1. The van der Waals surface area contributed by atoms with Crippen LogP contribution in [-0.4, -0.2) is 20.4 Å². The first-order valence-corrected chi connectivity index (χ1v) is 9.94. The lowest BCUT2D eigenvalue weighted by Crippen LogP contribution is -2.01. The molecule has 29 heavy (non-hydrogen) atoms. The first kappa shape index (κ1) is 17.4. The molecule has 0 atom stereocenters. The van der Waals surface area contributed by atoms with Crippen molar-refractivity contribution in [3.05, 3.63) is 94.8 Å². The van der Waals surface area contributed by atoms with Gasteiger partial charge in [-0.25, -0.2) is 9.50 Å². The quantitative estimate of drug-likeness (QED) is 0.411. The Morgan fingerprint density at radius 3 is 2.97 bits per heavy atom. The number of nitrogens with zero attached hydrogens (tertiary/aromatic N) is 3. The SMILES string of the molecule is O=C(c1cccs1)c1cnn2c(-c3cccc(NCc4ccoc4)c3)ccnc12. The maximum absolute atomic E-state index is 12.8. The minimum Gasteiger partial charge on any atom is -0.472 e. The summed E-state index contributed by atoms with van der Waals surface area (Å²) in [5, 5.41) is 9.73. The molecule has 4 aromatic heterocycles. The van der Waals surface area contributed by atoms with E-state index in [9.17, 15) is 4.79 Å². The zero-order valence-electron chi connectivity index (χ0n) is 15.3. The average molecular weight is 400 g/mol. The molecule has 142 valence electrons. The van der Waals surface area contributed by atoms with E-state index in [0.717, 1.165) is 22.5 Å². The highest BCUT2D eigenvalue weighted by Gasteiger charge is 2.18. The van der Waals surface area contributed by atoms with E-state index in [0.29, 0.717) is 22.6 Å². The second kappa shape index (κ2) is 7.37. The van der Waals surface area contributed by atoms with Gasteiger partial charge in [0.15, 0.2) is 5.65 Å². The molecule has 0 saturated heterocycles. The molecule has 0 amide bonds. The molecule has 0 unspecified atom stereocenters. The predicted octanol–water partition coefficient (Wildman–Crippen LogP) is 4.89. The van der Waals surface area contributed by atoms with E-state index in [-0.39, 0.29) is 5.78 Å². The Bertz CT molecular complexity index is 1270. The number of rotatable bonds is 6. The molecule has 1 aromatic carbocycles. The van der Waals surface area contributed by atoms with Crippen LogP contribution >= 0.6 is 11.3 Å². The number of hydrogen-bond donors (Lipinski definition) is 1. The van der Waals surface area contributed by atoms with E-state index in [2.05, 4.69) is 21.5 Å². The zero-order valence-corrected chi connectivity index (χ0v) is 16.1. The molecule has 7 heteroatoms. The molecular weight excluding hydrogens is 384 g/mol. The Morgan fingerprint density at radius 2 is 2.14 bits per heavy atom. The van der Waals surface area contributed by atoms with E-state index in [1.54, 1.807) is 29.4 Å². The van der Waals surface area contributed by atoms with Gasteiger partial charge in [0.25, 0.3) is 0 Å². The molecule has 0 radical (unpaired) electrons. The van der Waals surface area contributed by atoms with Crippen LogP contribution in [0.1, 0.15) is 20.8 Å². The smallest absolute Gasteiger partial charge is 0.208 e. The number of furan rings is 1. The highest BCUT2D eigenvalue weighted by Crippen LogP contribution is 2.25. The van der Waals surface area contributed by atoms with E-state index >= 15 is 0 Å². The van der Waals surface area contributed by atoms with Gasteiger partial charge in [0.2, 0.25) is 5.78 Å². The predicted molar refractivity (Wildman–Crippen MR) is 112 cm³/mol. The normalized spacial score (nSPS) is 11.0. The third-order valence-electron chi connectivity index (χ3n) is 4.63. The van der Waals surface area contributed by atoms with Gasteiger partial charge in [0, 0.05) is 29.6 Å². The van der Waals surface area contributed by atoms with Crippen LogP contribution in [0.25, 0.3) is 16.9 Å². The Hall–Kier alpha value is -3.71. The van der Waals surface area contributed by atoms with Crippen LogP contribution in [0.4, 0.5) is 5.69 Å². The first-order valence-electron chi connectivity index (χ1n) is 9.06. The number of fused-ring (bicyclic) bond motifs is 1. The summed E-state index contributed by atoms with van der Waals surface area (Å²) < 4.78 is 6.83. The fourth-order valence-electron chi connectivity index (χ4n) is 3.20. The number of hydrogen-bond acceptors (Lipinski definition) is 6. The van der Waals surface area contributed by atoms with Crippen LogP contribution in [-0.2, 0) is 6.54 Å². The number of carbonyl (C=O) groups excluding carboxylic acids is 1. The molecule has 0 spiro atoms. The van der Waals surface area contributed by atoms with Gasteiger partial charge in [-0.2, -0.15) is 5.10 Å². The standard InChI is InChI=1S/C22H16N4O2S/c27-21(20-5-2-10-29-20)18-13-25-26-19(6-8-23-22(18)26)16-3-1-4-17(11-16)24-12-15-7-9-28-14-15/h1-11,13-14,24H,12H2. The number of aromatic nitrogens is 3. The molecule has 4 heterocycles. The average Bonchev–Trinajstić information content (AvgIpc) is 3.53. The third-order valence-corrected chi connectivity index (χ3v) is 5.49. The van der Waals surface area contributed by atoms with Gasteiger partial charge < -0.3 is 9.73 Å². The van der Waals surface area contributed by atoms with Gasteiger partial charge in [-0.1, -0.05) is 18.2 Å². The number of nitrogens with one attached hydrogen (secondary N) is 1. The van der Waals surface area contributed by atoms with Gasteiger partial charge in [0.1, 0.15) is 0 Å². The molecule has 0 bridgehead atoms. The molecule has 0 aliphatic heterocycles. The summed E-state index contributed by atoms with van der Waals surface area (Å²) in [6, 6.07) is 15.6. The summed E-state index contributed by atoms with van der Waals surface area (Å²) in [4.78, 5) is 17.9. The van der Waals surface area contributed by atoms with Gasteiger partial charge in [-0.3, -0.25) is 4.79 Å². The lowest BCUT2D eigenvalue weighted by Gasteiger charge is -2.09. The van der Waals surface area contributed by atoms with Crippen LogP contribution in [0.2, 0.25) is 0 Å². The van der Waals surface area contributed by atoms with Gasteiger partial charge >= 0.3 is 0 Å². The maximum atomic E-state index is 12.8. The van der Waals surface area contributed by atoms with E-state index in [1.165, 1.54) is 11.3 Å². The van der Waals surface area contributed by atoms with Crippen LogP contribution in [0.5, 0.6) is 0 Å². The molecule has 0 fully saturated rings. The van der Waals surface area contributed by atoms with E-state index < -0.39 is 0 Å². The summed E-state index contributed by atoms with van der Waals surface area (Å²) in [5.74, 6) is -0.0600. The molecule has 5 aromatic rings. The first-order chi connectivity index (χ1) is 14.3. The summed E-state index contributed by atoms with van der Waals surface area (Å²) in [5.41, 5.74) is 4.96. The minimum absolute atomic E-state index is 0.0600. The molecule has 0 aliphatic rings. The van der Waals surface area contributed by atoms with Crippen molar-refractivity contribution in [1.29, 1.82) is 0 Å².